The lowest BCUT2D eigenvalue weighted by Crippen LogP contribution is -2.13. The first kappa shape index (κ1) is 14.2. The van der Waals surface area contributed by atoms with E-state index >= 15 is 0 Å². The Morgan fingerprint density at radius 3 is 2.86 bits per heavy atom. The van der Waals surface area contributed by atoms with Crippen molar-refractivity contribution >= 4 is 28.5 Å². The van der Waals surface area contributed by atoms with Crippen LogP contribution >= 0.6 is 11.8 Å². The molecule has 0 aliphatic heterocycles. The van der Waals surface area contributed by atoms with E-state index in [0.29, 0.717) is 11.8 Å². The second-order valence-electron chi connectivity index (χ2n) is 5.59. The van der Waals surface area contributed by atoms with Gasteiger partial charge in [0.05, 0.1) is 18.6 Å². The third-order valence-corrected chi connectivity index (χ3v) is 5.25. The molecule has 5 heteroatoms. The van der Waals surface area contributed by atoms with Crippen LogP contribution in [-0.4, -0.2) is 23.8 Å². The van der Waals surface area contributed by atoms with Gasteiger partial charge in [-0.25, -0.2) is 0 Å². The van der Waals surface area contributed by atoms with Crippen molar-refractivity contribution in [2.24, 2.45) is 5.41 Å². The van der Waals surface area contributed by atoms with E-state index in [4.69, 9.17) is 4.74 Å². The van der Waals surface area contributed by atoms with Gasteiger partial charge < -0.3 is 9.72 Å². The maximum atomic E-state index is 12.0. The van der Waals surface area contributed by atoms with Crippen LogP contribution in [0.2, 0.25) is 0 Å². The zero-order chi connectivity index (χ0) is 14.9. The van der Waals surface area contributed by atoms with Crippen LogP contribution in [0.5, 0.6) is 0 Å². The van der Waals surface area contributed by atoms with Crippen LogP contribution in [0.4, 0.5) is 0 Å². The first-order valence-electron chi connectivity index (χ1n) is 6.94. The number of carbonyl (C=O) groups is 1. The highest BCUT2D eigenvalue weighted by Crippen LogP contribution is 2.52. The predicted molar refractivity (Wildman–Crippen MR) is 83.6 cm³/mol. The molecule has 0 bridgehead atoms. The molecule has 1 N–H and O–H groups in total. The van der Waals surface area contributed by atoms with Crippen molar-refractivity contribution in [3.63, 3.8) is 0 Å². The lowest BCUT2D eigenvalue weighted by atomic mass is 10.1. The monoisotopic (exact) mass is 303 g/mol. The van der Waals surface area contributed by atoms with Gasteiger partial charge >= 0.3 is 5.97 Å². The molecule has 0 saturated heterocycles. The third-order valence-electron chi connectivity index (χ3n) is 3.97. The molecule has 1 aliphatic carbocycles. The average molecular weight is 303 g/mol. The van der Waals surface area contributed by atoms with Gasteiger partial charge in [0.15, 0.2) is 0 Å². The Hall–Kier alpha value is -1.75. The quantitative estimate of drug-likeness (QED) is 0.681. The van der Waals surface area contributed by atoms with E-state index in [2.05, 4.69) is 4.98 Å². The summed E-state index contributed by atoms with van der Waals surface area (Å²) in [7, 11) is 1.42. The maximum Gasteiger partial charge on any atom is 0.306 e. The number of thioether (sulfide) groups is 1. The van der Waals surface area contributed by atoms with E-state index in [9.17, 15) is 9.59 Å². The Morgan fingerprint density at radius 2 is 2.14 bits per heavy atom. The molecular weight excluding hydrogens is 286 g/mol. The molecule has 0 unspecified atom stereocenters. The van der Waals surface area contributed by atoms with Crippen molar-refractivity contribution in [1.29, 1.82) is 0 Å². The smallest absolute Gasteiger partial charge is 0.306 e. The zero-order valence-electron chi connectivity index (χ0n) is 11.8. The summed E-state index contributed by atoms with van der Waals surface area (Å²) in [4.78, 5) is 26.3. The van der Waals surface area contributed by atoms with E-state index in [0.717, 1.165) is 29.0 Å². The summed E-state index contributed by atoms with van der Waals surface area (Å²) in [5.41, 5.74) is -0.00581. The second kappa shape index (κ2) is 5.56. The van der Waals surface area contributed by atoms with Crippen molar-refractivity contribution in [1.82, 2.24) is 4.98 Å². The summed E-state index contributed by atoms with van der Waals surface area (Å²) in [6, 6.07) is 9.55. The van der Waals surface area contributed by atoms with Crippen LogP contribution in [0.15, 0.2) is 40.2 Å². The van der Waals surface area contributed by atoms with Crippen molar-refractivity contribution in [3.8, 4) is 0 Å². The number of esters is 1. The minimum absolute atomic E-state index is 0.0558. The number of rotatable bonds is 5. The molecule has 0 spiro atoms. The molecule has 1 heterocycles. The minimum Gasteiger partial charge on any atom is -0.469 e. The molecule has 1 fully saturated rings. The Balaban J connectivity index is 1.74. The van der Waals surface area contributed by atoms with E-state index in [1.165, 1.54) is 7.11 Å². The van der Waals surface area contributed by atoms with Gasteiger partial charge in [-0.1, -0.05) is 18.2 Å². The normalized spacial score (nSPS) is 15.9. The highest BCUT2D eigenvalue weighted by atomic mass is 32.2. The number of hydrogen-bond acceptors (Lipinski definition) is 4. The topological polar surface area (TPSA) is 59.2 Å². The molecule has 0 amide bonds. The van der Waals surface area contributed by atoms with Gasteiger partial charge in [-0.2, -0.15) is 0 Å². The second-order valence-corrected chi connectivity index (χ2v) is 6.61. The van der Waals surface area contributed by atoms with Crippen molar-refractivity contribution < 1.29 is 9.53 Å². The van der Waals surface area contributed by atoms with Crippen molar-refractivity contribution in [3.05, 3.63) is 40.7 Å². The fraction of sp³-hybridized carbons (Fsp3) is 0.375. The zero-order valence-corrected chi connectivity index (χ0v) is 12.7. The largest absolute Gasteiger partial charge is 0.469 e. The Morgan fingerprint density at radius 1 is 1.38 bits per heavy atom. The molecule has 21 heavy (non-hydrogen) atoms. The SMILES string of the molecule is COC(=O)CC1(CSc2cc3ccccc3c(=O)[nH]2)CC1. The Bertz CT molecular complexity index is 734. The number of carbonyl (C=O) groups excluding carboxylic acids is 1. The summed E-state index contributed by atoms with van der Waals surface area (Å²) >= 11 is 1.61. The van der Waals surface area contributed by atoms with Crippen LogP contribution in [0.25, 0.3) is 10.8 Å². The van der Waals surface area contributed by atoms with Crippen molar-refractivity contribution in [2.45, 2.75) is 24.3 Å². The number of aromatic nitrogens is 1. The Kier molecular flexibility index (Phi) is 3.76. The van der Waals surface area contributed by atoms with Gasteiger partial charge in [0, 0.05) is 11.1 Å². The van der Waals surface area contributed by atoms with Gasteiger partial charge in [0.2, 0.25) is 0 Å². The molecular formula is C16H17NO3S. The molecule has 2 aromatic rings. The molecule has 4 nitrogen and oxygen atoms in total. The highest BCUT2D eigenvalue weighted by molar-refractivity contribution is 7.99. The van der Waals surface area contributed by atoms with E-state index < -0.39 is 0 Å². The molecule has 1 saturated carbocycles. The number of pyridine rings is 1. The predicted octanol–water partition coefficient (Wildman–Crippen LogP) is 2.96. The van der Waals surface area contributed by atoms with Gasteiger partial charge in [-0.3, -0.25) is 9.59 Å². The average Bonchev–Trinajstić information content (AvgIpc) is 3.25. The van der Waals surface area contributed by atoms with Crippen molar-refractivity contribution in [2.75, 3.05) is 12.9 Å². The molecule has 1 aromatic heterocycles. The number of nitrogens with one attached hydrogen (secondary N) is 1. The molecule has 0 atom stereocenters. The van der Waals surface area contributed by atoms with Gasteiger partial charge in [-0.05, 0) is 35.8 Å². The first-order valence-corrected chi connectivity index (χ1v) is 7.92. The number of aromatic amines is 1. The number of benzene rings is 1. The lowest BCUT2D eigenvalue weighted by Gasteiger charge is -2.13. The number of H-pyrrole nitrogens is 1. The van der Waals surface area contributed by atoms with Crippen LogP contribution in [-0.2, 0) is 9.53 Å². The Labute approximate surface area is 126 Å². The van der Waals surface area contributed by atoms with Gasteiger partial charge in [-0.15, -0.1) is 11.8 Å². The summed E-state index contributed by atoms with van der Waals surface area (Å²) < 4.78 is 4.75. The number of methoxy groups -OCH3 is 1. The van der Waals surface area contributed by atoms with Crippen LogP contribution in [0, 0.1) is 5.41 Å². The molecule has 3 rings (SSSR count). The van der Waals surface area contributed by atoms with Crippen LogP contribution in [0.1, 0.15) is 19.3 Å². The highest BCUT2D eigenvalue weighted by Gasteiger charge is 2.44. The summed E-state index contributed by atoms with van der Waals surface area (Å²) in [6.45, 7) is 0. The van der Waals surface area contributed by atoms with E-state index in [-0.39, 0.29) is 16.9 Å². The van der Waals surface area contributed by atoms with Crippen LogP contribution < -0.4 is 5.56 Å². The molecule has 1 aliphatic rings. The number of ether oxygens (including phenoxy) is 1. The number of hydrogen-bond donors (Lipinski definition) is 1. The minimum atomic E-state index is -0.153. The summed E-state index contributed by atoms with van der Waals surface area (Å²) in [5.74, 6) is 0.677. The molecule has 1 aromatic carbocycles. The summed E-state index contributed by atoms with van der Waals surface area (Å²) in [6.07, 6.45) is 2.56. The van der Waals surface area contributed by atoms with E-state index in [1.807, 2.05) is 30.3 Å². The van der Waals surface area contributed by atoms with Crippen LogP contribution in [0.3, 0.4) is 0 Å². The molecule has 110 valence electrons. The number of fused-ring (bicyclic) bond motifs is 1. The maximum absolute atomic E-state index is 12.0. The standard InChI is InChI=1S/C16H17NO3S/c1-20-14(18)9-16(6-7-16)10-21-13-8-11-4-2-3-5-12(11)15(19)17-13/h2-5,8H,6-7,9-10H2,1H3,(H,17,19). The third kappa shape index (κ3) is 3.13. The van der Waals surface area contributed by atoms with Gasteiger partial charge in [0.1, 0.15) is 0 Å². The first-order chi connectivity index (χ1) is 10.1. The van der Waals surface area contributed by atoms with E-state index in [1.54, 1.807) is 11.8 Å². The fourth-order valence-electron chi connectivity index (χ4n) is 2.42. The lowest BCUT2D eigenvalue weighted by molar-refractivity contribution is -0.141. The molecule has 0 radical (unpaired) electrons. The summed E-state index contributed by atoms with van der Waals surface area (Å²) in [5, 5.41) is 2.51. The fourth-order valence-corrected chi connectivity index (χ4v) is 3.65. The van der Waals surface area contributed by atoms with Gasteiger partial charge in [0.25, 0.3) is 5.56 Å².